The standard InChI is InChI=1S/C32H38N2O2S/c1-24(25-11-5-3-6-12-25)31(35)34(2)23-27(26-13-7-4-8-14-26)17-18-30-32(19-21-33-22-20-32)28-15-9-10-16-29(28)37(30)36/h3-16,24,27,30,33H,17-23H2,1-2H3/t24-,27+,30?,37-/m1/s1. The molecule has 4 nitrogen and oxygen atoms in total. The molecule has 0 saturated carbocycles. The van der Waals surface area contributed by atoms with E-state index in [0.29, 0.717) is 6.54 Å². The van der Waals surface area contributed by atoms with Gasteiger partial charge in [0.15, 0.2) is 0 Å². The molecule has 2 aliphatic rings. The number of carbonyl (C=O) groups is 1. The molecule has 0 bridgehead atoms. The third-order valence-corrected chi connectivity index (χ3v) is 10.6. The van der Waals surface area contributed by atoms with Gasteiger partial charge in [-0.2, -0.15) is 0 Å². The highest BCUT2D eigenvalue weighted by Crippen LogP contribution is 2.50. The Morgan fingerprint density at radius 3 is 2.22 bits per heavy atom. The van der Waals surface area contributed by atoms with Crippen molar-refractivity contribution in [3.05, 3.63) is 102 Å². The summed E-state index contributed by atoms with van der Waals surface area (Å²) in [5, 5.41) is 3.63. The number of carbonyl (C=O) groups excluding carboxylic acids is 1. The lowest BCUT2D eigenvalue weighted by Gasteiger charge is -2.40. The SMILES string of the molecule is C[C@@H](C(=O)N(C)C[C@H](CCC1[S@](=O)c2ccccc2C12CCNCC2)c1ccccc1)c1ccccc1. The topological polar surface area (TPSA) is 49.4 Å². The average molecular weight is 515 g/mol. The van der Waals surface area contributed by atoms with Gasteiger partial charge in [-0.05, 0) is 68.5 Å². The van der Waals surface area contributed by atoms with Crippen LogP contribution in [0.1, 0.15) is 61.1 Å². The third-order valence-electron chi connectivity index (χ3n) is 8.60. The van der Waals surface area contributed by atoms with Crippen molar-refractivity contribution < 1.29 is 9.00 Å². The lowest BCUT2D eigenvalue weighted by molar-refractivity contribution is -0.131. The van der Waals surface area contributed by atoms with Gasteiger partial charge in [0.2, 0.25) is 5.91 Å². The number of likely N-dealkylation sites (N-methyl/N-ethyl adjacent to an activating group) is 1. The number of piperidine rings is 1. The summed E-state index contributed by atoms with van der Waals surface area (Å²) in [6, 6.07) is 29.0. The number of nitrogens with zero attached hydrogens (tertiary/aromatic N) is 1. The molecular formula is C32H38N2O2S. The van der Waals surface area contributed by atoms with Crippen LogP contribution in [-0.4, -0.2) is 46.9 Å². The molecular weight excluding hydrogens is 476 g/mol. The molecule has 1 fully saturated rings. The lowest BCUT2D eigenvalue weighted by Crippen LogP contribution is -2.46. The van der Waals surface area contributed by atoms with Crippen LogP contribution in [-0.2, 0) is 21.0 Å². The van der Waals surface area contributed by atoms with Crippen LogP contribution < -0.4 is 5.32 Å². The van der Waals surface area contributed by atoms with Crippen molar-refractivity contribution >= 4 is 16.7 Å². The van der Waals surface area contributed by atoms with Gasteiger partial charge >= 0.3 is 0 Å². The van der Waals surface area contributed by atoms with Gasteiger partial charge in [-0.15, -0.1) is 0 Å². The van der Waals surface area contributed by atoms with Crippen molar-refractivity contribution in [2.45, 2.75) is 60.0 Å². The number of benzene rings is 3. The molecule has 1 amide bonds. The Kier molecular flexibility index (Phi) is 7.92. The van der Waals surface area contributed by atoms with Crippen LogP contribution in [0.3, 0.4) is 0 Å². The monoisotopic (exact) mass is 514 g/mol. The Morgan fingerprint density at radius 1 is 0.946 bits per heavy atom. The van der Waals surface area contributed by atoms with E-state index in [2.05, 4.69) is 47.8 Å². The molecule has 3 aromatic rings. The van der Waals surface area contributed by atoms with Crippen LogP contribution in [0.4, 0.5) is 0 Å². The van der Waals surface area contributed by atoms with Crippen LogP contribution in [0.2, 0.25) is 0 Å². The van der Waals surface area contributed by atoms with E-state index in [1.165, 1.54) is 11.1 Å². The first-order chi connectivity index (χ1) is 18.0. The van der Waals surface area contributed by atoms with E-state index in [1.54, 1.807) is 0 Å². The number of amides is 1. The van der Waals surface area contributed by atoms with Gasteiger partial charge in [-0.25, -0.2) is 0 Å². The molecule has 2 heterocycles. The molecule has 1 unspecified atom stereocenters. The van der Waals surface area contributed by atoms with E-state index in [-0.39, 0.29) is 28.4 Å². The van der Waals surface area contributed by atoms with Gasteiger partial charge in [0.25, 0.3) is 0 Å². The maximum Gasteiger partial charge on any atom is 0.229 e. The predicted molar refractivity (Wildman–Crippen MR) is 151 cm³/mol. The summed E-state index contributed by atoms with van der Waals surface area (Å²) in [5.74, 6) is 0.147. The zero-order chi connectivity index (χ0) is 25.8. The van der Waals surface area contributed by atoms with Crippen LogP contribution in [0.5, 0.6) is 0 Å². The van der Waals surface area contributed by atoms with E-state index >= 15 is 0 Å². The van der Waals surface area contributed by atoms with E-state index < -0.39 is 10.8 Å². The summed E-state index contributed by atoms with van der Waals surface area (Å²) in [5.41, 5.74) is 3.58. The number of fused-ring (bicyclic) bond motifs is 2. The Balaban J connectivity index is 1.36. The van der Waals surface area contributed by atoms with Gasteiger partial charge in [0.05, 0.1) is 16.7 Å². The van der Waals surface area contributed by atoms with E-state index in [9.17, 15) is 9.00 Å². The largest absolute Gasteiger partial charge is 0.345 e. The maximum atomic E-state index is 13.8. The first-order valence-corrected chi connectivity index (χ1v) is 14.8. The molecule has 1 N–H and O–H groups in total. The summed E-state index contributed by atoms with van der Waals surface area (Å²) in [7, 11) is 0.919. The fraction of sp³-hybridized carbons (Fsp3) is 0.406. The number of nitrogens with one attached hydrogen (secondary N) is 1. The minimum atomic E-state index is -1.01. The normalized spacial score (nSPS) is 21.8. The molecule has 1 spiro atoms. The fourth-order valence-corrected chi connectivity index (χ4v) is 8.64. The van der Waals surface area contributed by atoms with Gasteiger partial charge in [-0.3, -0.25) is 9.00 Å². The van der Waals surface area contributed by atoms with Crippen LogP contribution in [0.15, 0.2) is 89.8 Å². The Hall–Kier alpha value is -2.76. The second-order valence-electron chi connectivity index (χ2n) is 10.7. The van der Waals surface area contributed by atoms with E-state index in [1.807, 2.05) is 61.3 Å². The highest BCUT2D eigenvalue weighted by Gasteiger charge is 2.51. The minimum Gasteiger partial charge on any atom is -0.345 e. The zero-order valence-corrected chi connectivity index (χ0v) is 22.8. The van der Waals surface area contributed by atoms with Gasteiger partial charge in [0, 0.05) is 35.1 Å². The molecule has 2 aliphatic heterocycles. The lowest BCUT2D eigenvalue weighted by atomic mass is 9.69. The molecule has 5 heteroatoms. The Labute approximate surface area is 223 Å². The molecule has 4 atom stereocenters. The first kappa shape index (κ1) is 25.9. The predicted octanol–water partition coefficient (Wildman–Crippen LogP) is 5.62. The number of hydrogen-bond acceptors (Lipinski definition) is 3. The number of hydrogen-bond donors (Lipinski definition) is 1. The van der Waals surface area contributed by atoms with Crippen molar-refractivity contribution in [3.63, 3.8) is 0 Å². The molecule has 1 saturated heterocycles. The smallest absolute Gasteiger partial charge is 0.229 e. The molecule has 0 radical (unpaired) electrons. The van der Waals surface area contributed by atoms with Crippen molar-refractivity contribution in [1.82, 2.24) is 10.2 Å². The van der Waals surface area contributed by atoms with E-state index in [4.69, 9.17) is 0 Å². The molecule has 3 aromatic carbocycles. The summed E-state index contributed by atoms with van der Waals surface area (Å²) in [6.45, 7) is 4.59. The van der Waals surface area contributed by atoms with Crippen LogP contribution >= 0.6 is 0 Å². The first-order valence-electron chi connectivity index (χ1n) is 13.6. The summed E-state index contributed by atoms with van der Waals surface area (Å²) >= 11 is 0. The minimum absolute atomic E-state index is 0.0164. The van der Waals surface area contributed by atoms with Crippen molar-refractivity contribution in [1.29, 1.82) is 0 Å². The molecule has 37 heavy (non-hydrogen) atoms. The highest BCUT2D eigenvalue weighted by atomic mass is 32.2. The van der Waals surface area contributed by atoms with Gasteiger partial charge < -0.3 is 10.2 Å². The van der Waals surface area contributed by atoms with Gasteiger partial charge in [-0.1, -0.05) is 78.9 Å². The van der Waals surface area contributed by atoms with Crippen LogP contribution in [0.25, 0.3) is 0 Å². The summed E-state index contributed by atoms with van der Waals surface area (Å²) < 4.78 is 13.8. The molecule has 194 valence electrons. The van der Waals surface area contributed by atoms with Gasteiger partial charge in [0.1, 0.15) is 0 Å². The van der Waals surface area contributed by atoms with Crippen molar-refractivity contribution in [3.8, 4) is 0 Å². The fourth-order valence-electron chi connectivity index (χ4n) is 6.51. The highest BCUT2D eigenvalue weighted by molar-refractivity contribution is 7.86. The second kappa shape index (κ2) is 11.3. The molecule has 5 rings (SSSR count). The zero-order valence-electron chi connectivity index (χ0n) is 21.9. The summed E-state index contributed by atoms with van der Waals surface area (Å²) in [4.78, 5) is 16.3. The van der Waals surface area contributed by atoms with Crippen molar-refractivity contribution in [2.24, 2.45) is 0 Å². The Morgan fingerprint density at radius 2 is 1.54 bits per heavy atom. The number of rotatable bonds is 8. The summed E-state index contributed by atoms with van der Waals surface area (Å²) in [6.07, 6.45) is 3.85. The second-order valence-corrected chi connectivity index (χ2v) is 12.3. The van der Waals surface area contributed by atoms with Crippen molar-refractivity contribution in [2.75, 3.05) is 26.7 Å². The third kappa shape index (κ3) is 5.17. The van der Waals surface area contributed by atoms with Crippen LogP contribution in [0, 0.1) is 0 Å². The molecule has 0 aliphatic carbocycles. The van der Waals surface area contributed by atoms with E-state index in [0.717, 1.165) is 49.2 Å². The maximum absolute atomic E-state index is 13.8. The quantitative estimate of drug-likeness (QED) is 0.424. The molecule has 0 aromatic heterocycles. The average Bonchev–Trinajstić information content (AvgIpc) is 3.18. The Bertz CT molecular complexity index is 1220.